The highest BCUT2D eigenvalue weighted by atomic mass is 32.1. The SMILES string of the molecule is CNC(=O)CCN(Cc1ccc(C#N)cc1)C(=O)c1cc2cc(OC)cc(-c3ccc(=O)n(C)c3)c2s1. The first-order chi connectivity index (χ1) is 17.8. The monoisotopic (exact) mass is 514 g/mol. The number of amides is 2. The molecule has 0 spiro atoms. The van der Waals surface area contributed by atoms with E-state index in [2.05, 4.69) is 11.4 Å². The van der Waals surface area contributed by atoms with Crippen molar-refractivity contribution in [3.8, 4) is 22.9 Å². The maximum Gasteiger partial charge on any atom is 0.264 e. The van der Waals surface area contributed by atoms with E-state index in [4.69, 9.17) is 10.00 Å². The Morgan fingerprint density at radius 1 is 1.14 bits per heavy atom. The third-order valence-electron chi connectivity index (χ3n) is 6.06. The lowest BCUT2D eigenvalue weighted by molar-refractivity contribution is -0.120. The van der Waals surface area contributed by atoms with Crippen molar-refractivity contribution in [1.29, 1.82) is 5.26 Å². The number of methoxy groups -OCH3 is 1. The number of pyridine rings is 1. The average molecular weight is 515 g/mol. The second-order valence-corrected chi connectivity index (χ2v) is 9.58. The summed E-state index contributed by atoms with van der Waals surface area (Å²) in [4.78, 5) is 39.8. The number of nitrogens with one attached hydrogen (secondary N) is 1. The fourth-order valence-corrected chi connectivity index (χ4v) is 5.14. The lowest BCUT2D eigenvalue weighted by Gasteiger charge is -2.22. The molecule has 0 saturated carbocycles. The normalized spacial score (nSPS) is 10.6. The van der Waals surface area contributed by atoms with Gasteiger partial charge in [-0.25, -0.2) is 0 Å². The molecule has 188 valence electrons. The van der Waals surface area contributed by atoms with Crippen LogP contribution in [0.4, 0.5) is 0 Å². The Bertz CT molecular complexity index is 1560. The second kappa shape index (κ2) is 11.1. The zero-order chi connectivity index (χ0) is 26.5. The molecule has 2 heterocycles. The zero-order valence-electron chi connectivity index (χ0n) is 20.8. The zero-order valence-corrected chi connectivity index (χ0v) is 21.6. The van der Waals surface area contributed by atoms with Crippen LogP contribution in [0.1, 0.15) is 27.2 Å². The maximum atomic E-state index is 13.7. The number of rotatable bonds is 8. The molecule has 9 heteroatoms. The molecule has 2 aromatic heterocycles. The van der Waals surface area contributed by atoms with Crippen molar-refractivity contribution in [1.82, 2.24) is 14.8 Å². The third kappa shape index (κ3) is 5.71. The number of hydrogen-bond acceptors (Lipinski definition) is 6. The molecule has 0 atom stereocenters. The molecular weight excluding hydrogens is 488 g/mol. The van der Waals surface area contributed by atoms with Gasteiger partial charge in [0, 0.05) is 56.1 Å². The third-order valence-corrected chi connectivity index (χ3v) is 7.24. The number of aryl methyl sites for hydroxylation is 1. The summed E-state index contributed by atoms with van der Waals surface area (Å²) in [7, 11) is 4.84. The van der Waals surface area contributed by atoms with Crippen LogP contribution in [0.5, 0.6) is 5.75 Å². The molecule has 2 aromatic carbocycles. The average Bonchev–Trinajstić information content (AvgIpc) is 3.36. The molecule has 0 radical (unpaired) electrons. The number of nitriles is 1. The van der Waals surface area contributed by atoms with Gasteiger partial charge in [-0.1, -0.05) is 12.1 Å². The largest absolute Gasteiger partial charge is 0.497 e. The number of thiophene rings is 1. The molecule has 37 heavy (non-hydrogen) atoms. The first-order valence-corrected chi connectivity index (χ1v) is 12.4. The Morgan fingerprint density at radius 2 is 1.89 bits per heavy atom. The Morgan fingerprint density at radius 3 is 2.54 bits per heavy atom. The van der Waals surface area contributed by atoms with Crippen molar-refractivity contribution in [2.24, 2.45) is 7.05 Å². The highest BCUT2D eigenvalue weighted by molar-refractivity contribution is 7.21. The summed E-state index contributed by atoms with van der Waals surface area (Å²) in [5.74, 6) is 0.290. The van der Waals surface area contributed by atoms with E-state index in [1.54, 1.807) is 50.5 Å². The van der Waals surface area contributed by atoms with Gasteiger partial charge in [0.2, 0.25) is 11.5 Å². The molecule has 0 aliphatic rings. The van der Waals surface area contributed by atoms with Gasteiger partial charge in [-0.05, 0) is 52.9 Å². The fourth-order valence-electron chi connectivity index (χ4n) is 3.99. The van der Waals surface area contributed by atoms with E-state index in [1.165, 1.54) is 22.0 Å². The Kier molecular flexibility index (Phi) is 7.70. The molecule has 0 saturated heterocycles. The van der Waals surface area contributed by atoms with Gasteiger partial charge in [0.25, 0.3) is 5.91 Å². The lowest BCUT2D eigenvalue weighted by Crippen LogP contribution is -2.33. The van der Waals surface area contributed by atoms with Crippen molar-refractivity contribution in [2.75, 3.05) is 20.7 Å². The molecule has 8 nitrogen and oxygen atoms in total. The van der Waals surface area contributed by atoms with E-state index in [-0.39, 0.29) is 30.3 Å². The Balaban J connectivity index is 1.73. The van der Waals surface area contributed by atoms with Crippen molar-refractivity contribution in [3.63, 3.8) is 0 Å². The minimum atomic E-state index is -0.195. The van der Waals surface area contributed by atoms with E-state index in [0.717, 1.165) is 26.8 Å². The first-order valence-electron chi connectivity index (χ1n) is 11.6. The van der Waals surface area contributed by atoms with E-state index in [9.17, 15) is 14.4 Å². The maximum absolute atomic E-state index is 13.7. The van der Waals surface area contributed by atoms with Gasteiger partial charge in [-0.15, -0.1) is 11.3 Å². The first kappa shape index (κ1) is 25.7. The van der Waals surface area contributed by atoms with Crippen LogP contribution in [0.2, 0.25) is 0 Å². The van der Waals surface area contributed by atoms with Crippen molar-refractivity contribution < 1.29 is 14.3 Å². The molecule has 0 aliphatic heterocycles. The smallest absolute Gasteiger partial charge is 0.264 e. The van der Waals surface area contributed by atoms with E-state index in [0.29, 0.717) is 22.7 Å². The van der Waals surface area contributed by atoms with Gasteiger partial charge in [0.05, 0.1) is 23.6 Å². The molecule has 0 unspecified atom stereocenters. The molecule has 0 aliphatic carbocycles. The number of hydrogen-bond donors (Lipinski definition) is 1. The van der Waals surface area contributed by atoms with Crippen LogP contribution in [-0.2, 0) is 18.4 Å². The number of benzene rings is 2. The topological polar surface area (TPSA) is 104 Å². The van der Waals surface area contributed by atoms with Crippen molar-refractivity contribution in [3.05, 3.63) is 87.2 Å². The standard InChI is InChI=1S/C28H26N4O4S/c1-30-25(33)10-11-32(16-19-6-4-18(15-29)5-7-19)28(35)24-13-21-12-22(36-3)14-23(27(21)37-24)20-8-9-26(34)31(2)17-20/h4-9,12-14,17H,10-11,16H2,1-3H3,(H,30,33). The van der Waals surface area contributed by atoms with Crippen molar-refractivity contribution >= 4 is 33.2 Å². The van der Waals surface area contributed by atoms with Gasteiger partial charge in [-0.3, -0.25) is 14.4 Å². The number of carbonyl (C=O) groups is 2. The van der Waals surface area contributed by atoms with Gasteiger partial charge in [-0.2, -0.15) is 5.26 Å². The van der Waals surface area contributed by atoms with Crippen LogP contribution in [-0.4, -0.2) is 42.0 Å². The Hall–Kier alpha value is -4.42. The summed E-state index contributed by atoms with van der Waals surface area (Å²) in [5, 5.41) is 12.5. The molecule has 2 amide bonds. The van der Waals surface area contributed by atoms with Gasteiger partial charge < -0.3 is 19.5 Å². The van der Waals surface area contributed by atoms with Crippen LogP contribution >= 0.6 is 11.3 Å². The summed E-state index contributed by atoms with van der Waals surface area (Å²) in [6.07, 6.45) is 1.93. The molecule has 0 bridgehead atoms. The van der Waals surface area contributed by atoms with Gasteiger partial charge in [0.15, 0.2) is 0 Å². The predicted octanol–water partition coefficient (Wildman–Crippen LogP) is 3.93. The molecule has 4 aromatic rings. The molecule has 4 rings (SSSR count). The predicted molar refractivity (Wildman–Crippen MR) is 144 cm³/mol. The van der Waals surface area contributed by atoms with E-state index >= 15 is 0 Å². The quantitative estimate of drug-likeness (QED) is 0.384. The highest BCUT2D eigenvalue weighted by Gasteiger charge is 2.21. The summed E-state index contributed by atoms with van der Waals surface area (Å²) < 4.78 is 7.91. The summed E-state index contributed by atoms with van der Waals surface area (Å²) >= 11 is 1.36. The van der Waals surface area contributed by atoms with E-state index < -0.39 is 0 Å². The van der Waals surface area contributed by atoms with E-state index in [1.807, 2.05) is 30.3 Å². The van der Waals surface area contributed by atoms with Crippen LogP contribution in [0, 0.1) is 11.3 Å². The van der Waals surface area contributed by atoms with Gasteiger partial charge in [0.1, 0.15) is 5.75 Å². The molecule has 0 fully saturated rings. The second-order valence-electron chi connectivity index (χ2n) is 8.53. The minimum absolute atomic E-state index is 0.112. The summed E-state index contributed by atoms with van der Waals surface area (Å²) in [6.45, 7) is 0.538. The number of aromatic nitrogens is 1. The summed E-state index contributed by atoms with van der Waals surface area (Å²) in [6, 6.07) is 18.0. The fraction of sp³-hybridized carbons (Fsp3) is 0.214. The molecule has 1 N–H and O–H groups in total. The number of nitrogens with zero attached hydrogens (tertiary/aromatic N) is 3. The van der Waals surface area contributed by atoms with Crippen LogP contribution in [0.25, 0.3) is 21.2 Å². The van der Waals surface area contributed by atoms with Crippen LogP contribution < -0.4 is 15.6 Å². The lowest BCUT2D eigenvalue weighted by atomic mass is 10.1. The van der Waals surface area contributed by atoms with Crippen LogP contribution in [0.3, 0.4) is 0 Å². The number of ether oxygens (including phenoxy) is 1. The van der Waals surface area contributed by atoms with Crippen molar-refractivity contribution in [2.45, 2.75) is 13.0 Å². The number of fused-ring (bicyclic) bond motifs is 1. The van der Waals surface area contributed by atoms with Gasteiger partial charge >= 0.3 is 0 Å². The Labute approximate surface area is 218 Å². The molecular formula is C28H26N4O4S. The minimum Gasteiger partial charge on any atom is -0.497 e. The number of carbonyl (C=O) groups excluding carboxylic acids is 2. The summed E-state index contributed by atoms with van der Waals surface area (Å²) in [5.41, 5.74) is 2.98. The van der Waals surface area contributed by atoms with Crippen LogP contribution in [0.15, 0.2) is 65.6 Å². The highest BCUT2D eigenvalue weighted by Crippen LogP contribution is 2.38.